The van der Waals surface area contributed by atoms with Crippen LogP contribution in [0.3, 0.4) is 0 Å². The molecule has 134 valence electrons. The highest BCUT2D eigenvalue weighted by molar-refractivity contribution is 6.02. The maximum Gasteiger partial charge on any atom is 0.290 e. The summed E-state index contributed by atoms with van der Waals surface area (Å²) in [5.41, 5.74) is 6.30. The fraction of sp³-hybridized carbons (Fsp3) is 0.0500. The molecule has 0 saturated carbocycles. The van der Waals surface area contributed by atoms with Crippen LogP contribution in [0.5, 0.6) is 0 Å². The number of anilines is 2. The number of hydrogen-bond donors (Lipinski definition) is 2. The van der Waals surface area contributed by atoms with E-state index in [4.69, 9.17) is 10.2 Å². The van der Waals surface area contributed by atoms with Gasteiger partial charge < -0.3 is 15.5 Å². The van der Waals surface area contributed by atoms with Crippen molar-refractivity contribution in [3.63, 3.8) is 0 Å². The van der Waals surface area contributed by atoms with E-state index in [1.165, 1.54) is 12.3 Å². The van der Waals surface area contributed by atoms with Crippen molar-refractivity contribution < 1.29 is 9.21 Å². The fourth-order valence-corrected chi connectivity index (χ4v) is 2.87. The molecule has 0 aliphatic carbocycles. The molecule has 2 aromatic heterocycles. The molecule has 2 aromatic carbocycles. The lowest BCUT2D eigenvalue weighted by Gasteiger charge is -2.10. The molecule has 0 aliphatic rings. The summed E-state index contributed by atoms with van der Waals surface area (Å²) in [6, 6.07) is 18.2. The second-order valence-corrected chi connectivity index (χ2v) is 6.00. The van der Waals surface area contributed by atoms with Crippen molar-refractivity contribution in [2.45, 2.75) is 6.54 Å². The predicted molar refractivity (Wildman–Crippen MR) is 103 cm³/mol. The van der Waals surface area contributed by atoms with Gasteiger partial charge in [0.1, 0.15) is 17.9 Å². The molecule has 7 heteroatoms. The molecule has 2 heterocycles. The van der Waals surface area contributed by atoms with Gasteiger partial charge in [0.15, 0.2) is 5.76 Å². The molecule has 1 amide bonds. The molecule has 0 spiro atoms. The number of hydrogen-bond acceptors (Lipinski definition) is 5. The van der Waals surface area contributed by atoms with Gasteiger partial charge in [-0.1, -0.05) is 36.4 Å². The van der Waals surface area contributed by atoms with Crippen molar-refractivity contribution in [1.29, 1.82) is 0 Å². The lowest BCUT2D eigenvalue weighted by Crippen LogP contribution is -2.31. The molecule has 0 saturated heterocycles. The van der Waals surface area contributed by atoms with Crippen LogP contribution >= 0.6 is 0 Å². The van der Waals surface area contributed by atoms with Gasteiger partial charge in [-0.25, -0.2) is 4.68 Å². The number of benzene rings is 2. The minimum absolute atomic E-state index is 0.00522. The Hall–Kier alpha value is -3.87. The zero-order valence-electron chi connectivity index (χ0n) is 14.3. The van der Waals surface area contributed by atoms with Gasteiger partial charge in [-0.05, 0) is 29.7 Å². The minimum atomic E-state index is -0.529. The van der Waals surface area contributed by atoms with Crippen molar-refractivity contribution >= 4 is 28.1 Å². The second kappa shape index (κ2) is 6.80. The third-order valence-corrected chi connectivity index (χ3v) is 4.13. The Kier molecular flexibility index (Phi) is 4.18. The van der Waals surface area contributed by atoms with E-state index in [0.717, 1.165) is 15.5 Å². The average molecular weight is 360 g/mol. The second-order valence-electron chi connectivity index (χ2n) is 6.00. The maximum atomic E-state index is 12.5. The van der Waals surface area contributed by atoms with Gasteiger partial charge in [0.05, 0.1) is 6.26 Å². The molecule has 4 rings (SSSR count). The van der Waals surface area contributed by atoms with Crippen LogP contribution in [0, 0.1) is 0 Å². The van der Waals surface area contributed by atoms with Crippen molar-refractivity contribution in [2.75, 3.05) is 11.1 Å². The molecule has 4 aromatic rings. The van der Waals surface area contributed by atoms with Crippen LogP contribution in [0.2, 0.25) is 0 Å². The largest absolute Gasteiger partial charge is 0.463 e. The van der Waals surface area contributed by atoms with E-state index in [9.17, 15) is 9.59 Å². The van der Waals surface area contributed by atoms with Crippen LogP contribution in [0.25, 0.3) is 22.2 Å². The SMILES string of the molecule is Nc1cc(-c2ccco2)nn(CC(=O)Nc2cccc3ccccc23)c1=O. The molecule has 0 bridgehead atoms. The molecular weight excluding hydrogens is 344 g/mol. The summed E-state index contributed by atoms with van der Waals surface area (Å²) in [5.74, 6) is 0.0851. The third kappa shape index (κ3) is 3.30. The average Bonchev–Trinajstić information content (AvgIpc) is 3.20. The van der Waals surface area contributed by atoms with Crippen LogP contribution in [-0.4, -0.2) is 15.7 Å². The van der Waals surface area contributed by atoms with Crippen LogP contribution in [0.15, 0.2) is 76.1 Å². The highest BCUT2D eigenvalue weighted by Gasteiger charge is 2.13. The van der Waals surface area contributed by atoms with Crippen LogP contribution in [0.4, 0.5) is 11.4 Å². The van der Waals surface area contributed by atoms with Gasteiger partial charge in [0.25, 0.3) is 5.56 Å². The topological polar surface area (TPSA) is 103 Å². The quantitative estimate of drug-likeness (QED) is 0.582. The molecule has 7 nitrogen and oxygen atoms in total. The Balaban J connectivity index is 1.62. The van der Waals surface area contributed by atoms with Crippen molar-refractivity contribution in [1.82, 2.24) is 9.78 Å². The summed E-state index contributed by atoms with van der Waals surface area (Å²) in [6.45, 7) is -0.263. The van der Waals surface area contributed by atoms with Gasteiger partial charge >= 0.3 is 0 Å². The smallest absolute Gasteiger partial charge is 0.290 e. The zero-order chi connectivity index (χ0) is 18.8. The summed E-state index contributed by atoms with van der Waals surface area (Å²) < 4.78 is 6.32. The number of rotatable bonds is 4. The Bertz CT molecular complexity index is 1170. The number of aromatic nitrogens is 2. The number of nitrogens with one attached hydrogen (secondary N) is 1. The summed E-state index contributed by atoms with van der Waals surface area (Å²) >= 11 is 0. The van der Waals surface area contributed by atoms with E-state index in [2.05, 4.69) is 10.4 Å². The Labute approximate surface area is 154 Å². The first-order valence-corrected chi connectivity index (χ1v) is 8.31. The summed E-state index contributed by atoms with van der Waals surface area (Å²) in [5, 5.41) is 8.94. The Morgan fingerprint density at radius 1 is 1.11 bits per heavy atom. The van der Waals surface area contributed by atoms with Crippen molar-refractivity contribution in [3.8, 4) is 11.5 Å². The van der Waals surface area contributed by atoms with E-state index in [1.54, 1.807) is 12.1 Å². The van der Waals surface area contributed by atoms with Gasteiger partial charge in [0, 0.05) is 11.1 Å². The van der Waals surface area contributed by atoms with Crippen molar-refractivity contribution in [2.24, 2.45) is 0 Å². The van der Waals surface area contributed by atoms with Crippen molar-refractivity contribution in [3.05, 3.63) is 77.3 Å². The summed E-state index contributed by atoms with van der Waals surface area (Å²) in [6.07, 6.45) is 1.50. The first kappa shape index (κ1) is 16.6. The first-order valence-electron chi connectivity index (χ1n) is 8.31. The summed E-state index contributed by atoms with van der Waals surface area (Å²) in [4.78, 5) is 24.8. The predicted octanol–water partition coefficient (Wildman–Crippen LogP) is 2.88. The van der Waals surface area contributed by atoms with Crippen LogP contribution in [0.1, 0.15) is 0 Å². The molecule has 0 fully saturated rings. The number of fused-ring (bicyclic) bond motifs is 1. The number of nitrogen functional groups attached to an aromatic ring is 1. The molecule has 0 unspecified atom stereocenters. The standard InChI is InChI=1S/C20H16N4O3/c21-15-11-17(18-9-4-10-27-18)23-24(20(15)26)12-19(25)22-16-8-3-6-13-5-1-2-7-14(13)16/h1-11H,12,21H2,(H,22,25). The highest BCUT2D eigenvalue weighted by Crippen LogP contribution is 2.23. The lowest BCUT2D eigenvalue weighted by atomic mass is 10.1. The maximum absolute atomic E-state index is 12.5. The molecule has 3 N–H and O–H groups in total. The number of carbonyl (C=O) groups excluding carboxylic acids is 1. The molecule has 0 atom stereocenters. The molecule has 0 aliphatic heterocycles. The number of furan rings is 1. The normalized spacial score (nSPS) is 10.8. The number of amides is 1. The van der Waals surface area contributed by atoms with Gasteiger partial charge in [-0.2, -0.15) is 5.10 Å². The number of nitrogens with two attached hydrogens (primary N) is 1. The Morgan fingerprint density at radius 3 is 2.74 bits per heavy atom. The monoisotopic (exact) mass is 360 g/mol. The third-order valence-electron chi connectivity index (χ3n) is 4.13. The zero-order valence-corrected chi connectivity index (χ0v) is 14.3. The number of carbonyl (C=O) groups is 1. The van der Waals surface area contributed by atoms with Crippen LogP contribution < -0.4 is 16.6 Å². The van der Waals surface area contributed by atoms with Gasteiger partial charge in [-0.15, -0.1) is 0 Å². The van der Waals surface area contributed by atoms with Crippen LogP contribution in [-0.2, 0) is 11.3 Å². The van der Waals surface area contributed by atoms with E-state index in [-0.39, 0.29) is 18.1 Å². The van der Waals surface area contributed by atoms with Gasteiger partial charge in [-0.3, -0.25) is 9.59 Å². The van der Waals surface area contributed by atoms with E-state index in [0.29, 0.717) is 17.1 Å². The number of nitrogens with zero attached hydrogens (tertiary/aromatic N) is 2. The first-order chi connectivity index (χ1) is 13.1. The van der Waals surface area contributed by atoms with E-state index >= 15 is 0 Å². The highest BCUT2D eigenvalue weighted by atomic mass is 16.3. The van der Waals surface area contributed by atoms with E-state index < -0.39 is 5.56 Å². The summed E-state index contributed by atoms with van der Waals surface area (Å²) in [7, 11) is 0. The molecule has 0 radical (unpaired) electrons. The fourth-order valence-electron chi connectivity index (χ4n) is 2.87. The Morgan fingerprint density at radius 2 is 1.93 bits per heavy atom. The lowest BCUT2D eigenvalue weighted by molar-refractivity contribution is -0.117. The van der Waals surface area contributed by atoms with Gasteiger partial charge in [0.2, 0.25) is 5.91 Å². The van der Waals surface area contributed by atoms with E-state index in [1.807, 2.05) is 42.5 Å². The molecular formula is C20H16N4O3. The molecule has 27 heavy (non-hydrogen) atoms. The minimum Gasteiger partial charge on any atom is -0.463 e.